The summed E-state index contributed by atoms with van der Waals surface area (Å²) in [5, 5.41) is 0. The molecule has 3 aliphatic heterocycles. The Kier molecular flexibility index (Phi) is 7.52. The second-order valence-electron chi connectivity index (χ2n) is 10.7. The van der Waals surface area contributed by atoms with Crippen molar-refractivity contribution >= 4 is 23.1 Å². The molecule has 0 spiro atoms. The summed E-state index contributed by atoms with van der Waals surface area (Å²) in [6, 6.07) is 17.1. The van der Waals surface area contributed by atoms with E-state index in [1.165, 1.54) is 31.2 Å². The van der Waals surface area contributed by atoms with E-state index in [0.717, 1.165) is 68.3 Å². The summed E-state index contributed by atoms with van der Waals surface area (Å²) in [5.74, 6) is 1.11. The molecule has 0 radical (unpaired) electrons. The third kappa shape index (κ3) is 5.61. The third-order valence-corrected chi connectivity index (χ3v) is 8.33. The molecule has 2 aromatic rings. The number of carbonyl (C=O) groups excluding carboxylic acids is 2. The van der Waals surface area contributed by atoms with E-state index in [2.05, 4.69) is 46.2 Å². The third-order valence-electron chi connectivity index (χ3n) is 8.33. The molecule has 186 valence electrons. The monoisotopic (exact) mass is 473 g/mol. The topological polar surface area (TPSA) is 43.9 Å². The Hall–Kier alpha value is -2.66. The van der Waals surface area contributed by atoms with Gasteiger partial charge in [0.2, 0.25) is 5.91 Å². The van der Waals surface area contributed by atoms with Crippen molar-refractivity contribution < 1.29 is 9.59 Å². The van der Waals surface area contributed by atoms with Crippen molar-refractivity contribution in [3.05, 3.63) is 59.7 Å². The molecule has 0 aliphatic carbocycles. The number of likely N-dealkylation sites (tertiary alicyclic amines) is 1. The summed E-state index contributed by atoms with van der Waals surface area (Å²) >= 11 is 0. The van der Waals surface area contributed by atoms with Gasteiger partial charge in [0.15, 0.2) is 5.78 Å². The molecule has 0 unspecified atom stereocenters. The normalized spacial score (nSPS) is 21.4. The molecule has 2 saturated heterocycles. The van der Waals surface area contributed by atoms with E-state index in [0.29, 0.717) is 18.9 Å². The molecule has 1 atom stereocenters. The van der Waals surface area contributed by atoms with Gasteiger partial charge in [0.25, 0.3) is 0 Å². The number of nitrogens with zero attached hydrogens (tertiary/aromatic N) is 3. The van der Waals surface area contributed by atoms with Crippen LogP contribution in [0.15, 0.2) is 48.5 Å². The number of carbonyl (C=O) groups is 2. The molecular weight excluding hydrogens is 434 g/mol. The van der Waals surface area contributed by atoms with E-state index < -0.39 is 0 Å². The van der Waals surface area contributed by atoms with Crippen LogP contribution in [-0.4, -0.2) is 55.9 Å². The molecule has 0 aromatic heterocycles. The summed E-state index contributed by atoms with van der Waals surface area (Å²) in [7, 11) is 1.86. The van der Waals surface area contributed by atoms with Crippen molar-refractivity contribution in [1.29, 1.82) is 0 Å². The van der Waals surface area contributed by atoms with Gasteiger partial charge < -0.3 is 14.7 Å². The first-order valence-corrected chi connectivity index (χ1v) is 13.6. The van der Waals surface area contributed by atoms with Crippen LogP contribution < -0.4 is 9.80 Å². The van der Waals surface area contributed by atoms with Crippen LogP contribution in [0.1, 0.15) is 67.3 Å². The maximum Gasteiger partial charge on any atom is 0.228 e. The maximum absolute atomic E-state index is 13.0. The van der Waals surface area contributed by atoms with Gasteiger partial charge in [-0.25, -0.2) is 0 Å². The Labute approximate surface area is 210 Å². The maximum atomic E-state index is 13.0. The van der Waals surface area contributed by atoms with Gasteiger partial charge in [-0.2, -0.15) is 0 Å². The van der Waals surface area contributed by atoms with Crippen molar-refractivity contribution in [1.82, 2.24) is 4.90 Å². The minimum atomic E-state index is 0.154. The second kappa shape index (κ2) is 10.9. The number of Topliss-reactive ketones (excluding diaryl/α,β-unsaturated/α-hetero) is 1. The fourth-order valence-corrected chi connectivity index (χ4v) is 6.18. The van der Waals surface area contributed by atoms with Crippen LogP contribution in [0, 0.1) is 5.92 Å². The van der Waals surface area contributed by atoms with Gasteiger partial charge in [-0.3, -0.25) is 9.59 Å². The minimum Gasteiger partial charge on any atom is -0.366 e. The van der Waals surface area contributed by atoms with Crippen LogP contribution >= 0.6 is 0 Å². The van der Waals surface area contributed by atoms with Crippen LogP contribution in [0.3, 0.4) is 0 Å². The molecule has 2 fully saturated rings. The van der Waals surface area contributed by atoms with Crippen molar-refractivity contribution in [2.24, 2.45) is 5.92 Å². The van der Waals surface area contributed by atoms with Crippen LogP contribution in [0.5, 0.6) is 0 Å². The minimum absolute atomic E-state index is 0.154. The van der Waals surface area contributed by atoms with Crippen molar-refractivity contribution in [2.45, 2.75) is 63.8 Å². The molecule has 3 heterocycles. The van der Waals surface area contributed by atoms with Gasteiger partial charge in [0.05, 0.1) is 11.4 Å². The highest BCUT2D eigenvalue weighted by Gasteiger charge is 2.33. The molecule has 5 nitrogen and oxygen atoms in total. The van der Waals surface area contributed by atoms with Gasteiger partial charge in [0.1, 0.15) is 0 Å². The second-order valence-corrected chi connectivity index (χ2v) is 10.7. The molecule has 0 bridgehead atoms. The molecule has 1 amide bonds. The van der Waals surface area contributed by atoms with Gasteiger partial charge in [-0.1, -0.05) is 30.3 Å². The van der Waals surface area contributed by atoms with E-state index >= 15 is 0 Å². The molecule has 0 saturated carbocycles. The number of ketones is 1. The number of piperidine rings is 2. The van der Waals surface area contributed by atoms with Gasteiger partial charge in [-0.15, -0.1) is 0 Å². The lowest BCUT2D eigenvalue weighted by Crippen LogP contribution is -2.40. The fourth-order valence-electron chi connectivity index (χ4n) is 6.18. The zero-order valence-electron chi connectivity index (χ0n) is 21.1. The summed E-state index contributed by atoms with van der Waals surface area (Å²) < 4.78 is 0. The van der Waals surface area contributed by atoms with E-state index in [1.54, 1.807) is 4.90 Å². The van der Waals surface area contributed by atoms with Crippen molar-refractivity contribution in [3.8, 4) is 0 Å². The van der Waals surface area contributed by atoms with Crippen LogP contribution in [-0.2, 0) is 11.2 Å². The Bertz CT molecular complexity index is 1030. The lowest BCUT2D eigenvalue weighted by Gasteiger charge is -2.36. The average Bonchev–Trinajstić information content (AvgIpc) is 2.99. The Balaban J connectivity index is 1.13. The van der Waals surface area contributed by atoms with Crippen LogP contribution in [0.25, 0.3) is 0 Å². The fraction of sp³-hybridized carbons (Fsp3) is 0.533. The first kappa shape index (κ1) is 24.1. The zero-order valence-corrected chi connectivity index (χ0v) is 21.1. The number of rotatable bonds is 7. The van der Waals surface area contributed by atoms with E-state index in [9.17, 15) is 9.59 Å². The molecule has 0 N–H and O–H groups in total. The SMILES string of the molecule is CN1C(=O)C[C@H]2CCCCN2c2ccc(C(=O)CCCN3CCC(Cc4ccccc4)CC3)cc21. The molecule has 5 heteroatoms. The number of fused-ring (bicyclic) bond motifs is 3. The predicted octanol–water partition coefficient (Wildman–Crippen LogP) is 5.33. The summed E-state index contributed by atoms with van der Waals surface area (Å²) in [4.78, 5) is 32.5. The standard InChI is InChI=1S/C30H39N3O2/c1-31-28-21-25(12-13-27(28)33-17-6-5-10-26(33)22-30(31)35)29(34)11-7-16-32-18-14-24(15-19-32)20-23-8-3-2-4-9-23/h2-4,8-9,12-13,21,24,26H,5-7,10-11,14-20,22H2,1H3/t26-/m1/s1. The number of hydrogen-bond acceptors (Lipinski definition) is 4. The largest absolute Gasteiger partial charge is 0.366 e. The van der Waals surface area contributed by atoms with Crippen LogP contribution in [0.4, 0.5) is 11.4 Å². The van der Waals surface area contributed by atoms with E-state index in [-0.39, 0.29) is 11.7 Å². The van der Waals surface area contributed by atoms with E-state index in [1.807, 2.05) is 19.2 Å². The van der Waals surface area contributed by atoms with Gasteiger partial charge in [0, 0.05) is 38.0 Å². The first-order valence-electron chi connectivity index (χ1n) is 13.6. The van der Waals surface area contributed by atoms with Crippen LogP contribution in [0.2, 0.25) is 0 Å². The summed E-state index contributed by atoms with van der Waals surface area (Å²) in [6.07, 6.45) is 9.11. The lowest BCUT2D eigenvalue weighted by atomic mass is 9.90. The van der Waals surface area contributed by atoms with Gasteiger partial charge >= 0.3 is 0 Å². The Morgan fingerprint density at radius 3 is 2.54 bits per heavy atom. The molecule has 35 heavy (non-hydrogen) atoms. The smallest absolute Gasteiger partial charge is 0.228 e. The lowest BCUT2D eigenvalue weighted by molar-refractivity contribution is -0.118. The first-order chi connectivity index (χ1) is 17.1. The number of hydrogen-bond donors (Lipinski definition) is 0. The predicted molar refractivity (Wildman–Crippen MR) is 142 cm³/mol. The van der Waals surface area contributed by atoms with Crippen molar-refractivity contribution in [3.63, 3.8) is 0 Å². The quantitative estimate of drug-likeness (QED) is 0.510. The number of benzene rings is 2. The summed E-state index contributed by atoms with van der Waals surface area (Å²) in [5.41, 5.74) is 4.18. The Morgan fingerprint density at radius 1 is 0.943 bits per heavy atom. The number of amides is 1. The van der Waals surface area contributed by atoms with Gasteiger partial charge in [-0.05, 0) is 94.3 Å². The van der Waals surface area contributed by atoms with E-state index in [4.69, 9.17) is 0 Å². The molecule has 5 rings (SSSR count). The summed E-state index contributed by atoms with van der Waals surface area (Å²) in [6.45, 7) is 4.25. The Morgan fingerprint density at radius 2 is 1.74 bits per heavy atom. The highest BCUT2D eigenvalue weighted by molar-refractivity contribution is 6.03. The number of anilines is 2. The molecule has 3 aliphatic rings. The average molecular weight is 474 g/mol. The highest BCUT2D eigenvalue weighted by Crippen LogP contribution is 2.38. The molecular formula is C30H39N3O2. The van der Waals surface area contributed by atoms with Crippen molar-refractivity contribution in [2.75, 3.05) is 43.0 Å². The highest BCUT2D eigenvalue weighted by atomic mass is 16.2. The zero-order chi connectivity index (χ0) is 24.2. The molecule has 2 aromatic carbocycles.